The highest BCUT2D eigenvalue weighted by Gasteiger charge is 2.32. The largest absolute Gasteiger partial charge is 0.481 e. The van der Waals surface area contributed by atoms with Crippen LogP contribution in [0.2, 0.25) is 0 Å². The molecule has 1 saturated carbocycles. The first-order chi connectivity index (χ1) is 7.80. The van der Waals surface area contributed by atoms with E-state index in [0.717, 1.165) is 6.42 Å². The molecule has 6 heteroatoms. The summed E-state index contributed by atoms with van der Waals surface area (Å²) in [5.74, 6) is 0.134. The number of nitrogens with one attached hydrogen (secondary N) is 2. The zero-order valence-electron chi connectivity index (χ0n) is 10.2. The molecule has 0 aromatic rings. The predicted molar refractivity (Wildman–Crippen MR) is 61.5 cm³/mol. The summed E-state index contributed by atoms with van der Waals surface area (Å²) in [5, 5.41) is 23.3. The molecule has 0 saturated heterocycles. The summed E-state index contributed by atoms with van der Waals surface area (Å²) in [6.07, 6.45) is 0.740. The van der Waals surface area contributed by atoms with Gasteiger partial charge in [0, 0.05) is 13.1 Å². The standard InChI is InChI=1S/C11H20N2O4/c1-7-3-8(7)5-12-10(16)13-6-11(2,17)4-9(14)15/h7-8,17H,3-6H2,1-2H3,(H,14,15)(H2,12,13,16). The van der Waals surface area contributed by atoms with Crippen LogP contribution in [0.25, 0.3) is 0 Å². The van der Waals surface area contributed by atoms with E-state index in [-0.39, 0.29) is 12.6 Å². The summed E-state index contributed by atoms with van der Waals surface area (Å²) in [6, 6.07) is -0.366. The molecule has 1 aliphatic carbocycles. The number of carbonyl (C=O) groups excluding carboxylic acids is 1. The second-order valence-electron chi connectivity index (χ2n) is 5.10. The van der Waals surface area contributed by atoms with Crippen LogP contribution in [0.15, 0.2) is 0 Å². The van der Waals surface area contributed by atoms with Crippen LogP contribution in [0.4, 0.5) is 4.79 Å². The monoisotopic (exact) mass is 244 g/mol. The van der Waals surface area contributed by atoms with Crippen molar-refractivity contribution in [3.05, 3.63) is 0 Å². The maximum absolute atomic E-state index is 11.3. The molecule has 98 valence electrons. The van der Waals surface area contributed by atoms with Crippen LogP contribution in [-0.2, 0) is 4.79 Å². The van der Waals surface area contributed by atoms with Crippen LogP contribution in [0.5, 0.6) is 0 Å². The van der Waals surface area contributed by atoms with Crippen LogP contribution in [-0.4, -0.2) is 40.9 Å². The molecule has 3 unspecified atom stereocenters. The molecular formula is C11H20N2O4. The van der Waals surface area contributed by atoms with Crippen molar-refractivity contribution in [1.29, 1.82) is 0 Å². The smallest absolute Gasteiger partial charge is 0.314 e. The van der Waals surface area contributed by atoms with E-state index in [1.165, 1.54) is 6.92 Å². The number of aliphatic hydroxyl groups is 1. The second kappa shape index (κ2) is 5.35. The molecule has 3 atom stereocenters. The minimum atomic E-state index is -1.42. The molecule has 17 heavy (non-hydrogen) atoms. The Bertz CT molecular complexity index is 304. The lowest BCUT2D eigenvalue weighted by Crippen LogP contribution is -2.46. The minimum absolute atomic E-state index is 0.0780. The fraction of sp³-hybridized carbons (Fsp3) is 0.818. The summed E-state index contributed by atoms with van der Waals surface area (Å²) in [5.41, 5.74) is -1.42. The number of carbonyl (C=O) groups is 2. The zero-order chi connectivity index (χ0) is 13.1. The van der Waals surface area contributed by atoms with E-state index in [2.05, 4.69) is 17.6 Å². The summed E-state index contributed by atoms with van der Waals surface area (Å²) in [7, 11) is 0. The normalized spacial score (nSPS) is 25.8. The number of amides is 2. The van der Waals surface area contributed by atoms with Crippen LogP contribution in [0.1, 0.15) is 26.7 Å². The Morgan fingerprint density at radius 1 is 1.41 bits per heavy atom. The van der Waals surface area contributed by atoms with Gasteiger partial charge in [-0.3, -0.25) is 4.79 Å². The van der Waals surface area contributed by atoms with Gasteiger partial charge < -0.3 is 20.8 Å². The molecule has 0 spiro atoms. The van der Waals surface area contributed by atoms with E-state index in [0.29, 0.717) is 18.4 Å². The van der Waals surface area contributed by atoms with Gasteiger partial charge in [0.2, 0.25) is 0 Å². The molecule has 0 heterocycles. The van der Waals surface area contributed by atoms with Crippen molar-refractivity contribution in [2.75, 3.05) is 13.1 Å². The lowest BCUT2D eigenvalue weighted by molar-refractivity contribution is -0.141. The number of carboxylic acids is 1. The topological polar surface area (TPSA) is 98.7 Å². The third kappa shape index (κ3) is 5.53. The molecule has 0 bridgehead atoms. The highest BCUT2D eigenvalue weighted by molar-refractivity contribution is 5.74. The van der Waals surface area contributed by atoms with Crippen molar-refractivity contribution < 1.29 is 19.8 Å². The molecular weight excluding hydrogens is 224 g/mol. The molecule has 0 aliphatic heterocycles. The van der Waals surface area contributed by atoms with Gasteiger partial charge in [0.15, 0.2) is 0 Å². The van der Waals surface area contributed by atoms with Gasteiger partial charge in [-0.2, -0.15) is 0 Å². The summed E-state index contributed by atoms with van der Waals surface area (Å²) >= 11 is 0. The SMILES string of the molecule is CC1CC1CNC(=O)NCC(C)(O)CC(=O)O. The Balaban J connectivity index is 2.15. The first kappa shape index (κ1) is 13.8. The maximum atomic E-state index is 11.3. The Morgan fingerprint density at radius 2 is 2.00 bits per heavy atom. The van der Waals surface area contributed by atoms with Crippen LogP contribution in [0, 0.1) is 11.8 Å². The summed E-state index contributed by atoms with van der Waals surface area (Å²) < 4.78 is 0. The second-order valence-corrected chi connectivity index (χ2v) is 5.10. The molecule has 1 rings (SSSR count). The van der Waals surface area contributed by atoms with Gasteiger partial charge in [-0.15, -0.1) is 0 Å². The van der Waals surface area contributed by atoms with Crippen LogP contribution in [0.3, 0.4) is 0 Å². The highest BCUT2D eigenvalue weighted by Crippen LogP contribution is 2.36. The first-order valence-corrected chi connectivity index (χ1v) is 5.76. The minimum Gasteiger partial charge on any atom is -0.481 e. The summed E-state index contributed by atoms with van der Waals surface area (Å²) in [4.78, 5) is 21.8. The molecule has 1 aliphatic rings. The quantitative estimate of drug-likeness (QED) is 0.535. The molecule has 6 nitrogen and oxygen atoms in total. The van der Waals surface area contributed by atoms with E-state index < -0.39 is 18.0 Å². The van der Waals surface area contributed by atoms with E-state index in [1.54, 1.807) is 0 Å². The molecule has 0 aromatic heterocycles. The lowest BCUT2D eigenvalue weighted by Gasteiger charge is -2.21. The highest BCUT2D eigenvalue weighted by atomic mass is 16.4. The van der Waals surface area contributed by atoms with Gasteiger partial charge in [-0.1, -0.05) is 6.92 Å². The third-order valence-electron chi connectivity index (χ3n) is 2.96. The summed E-state index contributed by atoms with van der Waals surface area (Å²) in [6.45, 7) is 4.06. The molecule has 0 aromatic carbocycles. The van der Waals surface area contributed by atoms with E-state index >= 15 is 0 Å². The van der Waals surface area contributed by atoms with E-state index in [9.17, 15) is 14.7 Å². The zero-order valence-corrected chi connectivity index (χ0v) is 10.2. The van der Waals surface area contributed by atoms with Crippen LogP contribution >= 0.6 is 0 Å². The molecule has 4 N–H and O–H groups in total. The fourth-order valence-electron chi connectivity index (χ4n) is 1.63. The average Bonchev–Trinajstić information content (AvgIpc) is 2.87. The van der Waals surface area contributed by atoms with Crippen molar-refractivity contribution >= 4 is 12.0 Å². The van der Waals surface area contributed by atoms with E-state index in [1.807, 2.05) is 0 Å². The van der Waals surface area contributed by atoms with Crippen molar-refractivity contribution in [3.8, 4) is 0 Å². The Kier molecular flexibility index (Phi) is 4.34. The van der Waals surface area contributed by atoms with Crippen LogP contribution < -0.4 is 10.6 Å². The Labute approximate surface area is 100 Å². The van der Waals surface area contributed by atoms with E-state index in [4.69, 9.17) is 5.11 Å². The molecule has 1 fully saturated rings. The van der Waals surface area contributed by atoms with Crippen molar-refractivity contribution in [2.24, 2.45) is 11.8 Å². The molecule has 0 radical (unpaired) electrons. The van der Waals surface area contributed by atoms with Gasteiger partial charge >= 0.3 is 12.0 Å². The van der Waals surface area contributed by atoms with Gasteiger partial charge in [0.1, 0.15) is 0 Å². The number of aliphatic carboxylic acids is 1. The third-order valence-corrected chi connectivity index (χ3v) is 2.96. The predicted octanol–water partition coefficient (Wildman–Crippen LogP) is 0.167. The van der Waals surface area contributed by atoms with Gasteiger partial charge in [-0.05, 0) is 25.2 Å². The van der Waals surface area contributed by atoms with Crippen molar-refractivity contribution in [2.45, 2.75) is 32.3 Å². The van der Waals surface area contributed by atoms with Crippen molar-refractivity contribution in [3.63, 3.8) is 0 Å². The number of urea groups is 1. The van der Waals surface area contributed by atoms with Gasteiger partial charge in [0.05, 0.1) is 12.0 Å². The van der Waals surface area contributed by atoms with Crippen molar-refractivity contribution in [1.82, 2.24) is 10.6 Å². The maximum Gasteiger partial charge on any atom is 0.314 e. The lowest BCUT2D eigenvalue weighted by atomic mass is 10.0. The Hall–Kier alpha value is -1.30. The number of hydrogen-bond donors (Lipinski definition) is 4. The van der Waals surface area contributed by atoms with Gasteiger partial charge in [-0.25, -0.2) is 4.79 Å². The fourth-order valence-corrected chi connectivity index (χ4v) is 1.63. The number of carboxylic acid groups (broad SMARTS) is 1. The number of hydrogen-bond acceptors (Lipinski definition) is 3. The first-order valence-electron chi connectivity index (χ1n) is 5.76. The van der Waals surface area contributed by atoms with Gasteiger partial charge in [0.25, 0.3) is 0 Å². The number of rotatable bonds is 6. The molecule has 2 amide bonds. The average molecular weight is 244 g/mol. The Morgan fingerprint density at radius 3 is 2.47 bits per heavy atom.